The summed E-state index contributed by atoms with van der Waals surface area (Å²) in [6, 6.07) is 3.85. The Morgan fingerprint density at radius 3 is 2.52 bits per heavy atom. The monoisotopic (exact) mass is 451 g/mol. The van der Waals surface area contributed by atoms with Crippen LogP contribution < -0.4 is 9.47 Å². The number of hydrogen-bond acceptors (Lipinski definition) is 4. The van der Waals surface area contributed by atoms with Crippen LogP contribution in [0.1, 0.15) is 39.2 Å². The van der Waals surface area contributed by atoms with Gasteiger partial charge in [-0.25, -0.2) is 0 Å². The molecule has 0 aliphatic carbocycles. The SMILES string of the molecule is CCc1cc(OCC=C(Cl)Cl)cc(Br)c1OCCCCON=C(C)C. The zero-order valence-electron chi connectivity index (χ0n) is 14.8. The third kappa shape index (κ3) is 9.38. The Labute approximate surface area is 168 Å². The van der Waals surface area contributed by atoms with Crippen molar-refractivity contribution in [2.24, 2.45) is 5.16 Å². The molecule has 25 heavy (non-hydrogen) atoms. The lowest BCUT2D eigenvalue weighted by atomic mass is 10.1. The lowest BCUT2D eigenvalue weighted by molar-refractivity contribution is 0.135. The van der Waals surface area contributed by atoms with Gasteiger partial charge in [0.2, 0.25) is 0 Å². The summed E-state index contributed by atoms with van der Waals surface area (Å²) in [4.78, 5) is 5.17. The van der Waals surface area contributed by atoms with Gasteiger partial charge in [-0.1, -0.05) is 35.3 Å². The van der Waals surface area contributed by atoms with E-state index in [0.717, 1.165) is 46.5 Å². The summed E-state index contributed by atoms with van der Waals surface area (Å²) in [6.07, 6.45) is 4.22. The maximum Gasteiger partial charge on any atom is 0.136 e. The third-order valence-corrected chi connectivity index (χ3v) is 3.98. The van der Waals surface area contributed by atoms with Gasteiger partial charge in [-0.2, -0.15) is 0 Å². The number of unbranched alkanes of at least 4 members (excludes halogenated alkanes) is 1. The van der Waals surface area contributed by atoms with Crippen molar-refractivity contribution in [2.75, 3.05) is 19.8 Å². The molecule has 0 N–H and O–H groups in total. The predicted molar refractivity (Wildman–Crippen MR) is 108 cm³/mol. The van der Waals surface area contributed by atoms with E-state index in [1.165, 1.54) is 0 Å². The smallest absolute Gasteiger partial charge is 0.136 e. The van der Waals surface area contributed by atoms with Gasteiger partial charge >= 0.3 is 0 Å². The topological polar surface area (TPSA) is 40.0 Å². The van der Waals surface area contributed by atoms with Crippen LogP contribution >= 0.6 is 39.1 Å². The molecule has 0 fully saturated rings. The summed E-state index contributed by atoms with van der Waals surface area (Å²) in [5.41, 5.74) is 1.99. The summed E-state index contributed by atoms with van der Waals surface area (Å²) < 4.78 is 12.6. The van der Waals surface area contributed by atoms with Crippen LogP contribution in [0.15, 0.2) is 32.3 Å². The van der Waals surface area contributed by atoms with Gasteiger partial charge in [-0.05, 0) is 72.8 Å². The molecule has 7 heteroatoms. The molecule has 1 rings (SSSR count). The molecule has 4 nitrogen and oxygen atoms in total. The number of aryl methyl sites for hydroxylation is 1. The van der Waals surface area contributed by atoms with Gasteiger partial charge in [0.05, 0.1) is 16.8 Å². The van der Waals surface area contributed by atoms with Crippen LogP contribution in [0.4, 0.5) is 0 Å². The number of rotatable bonds is 11. The van der Waals surface area contributed by atoms with Crippen molar-refractivity contribution in [3.05, 3.63) is 32.7 Å². The van der Waals surface area contributed by atoms with Gasteiger partial charge < -0.3 is 14.3 Å². The van der Waals surface area contributed by atoms with E-state index in [1.54, 1.807) is 6.08 Å². The highest BCUT2D eigenvalue weighted by Crippen LogP contribution is 2.34. The molecule has 0 saturated heterocycles. The summed E-state index contributed by atoms with van der Waals surface area (Å²) >= 11 is 14.7. The predicted octanol–water partition coefficient (Wildman–Crippen LogP) is 6.28. The maximum absolute atomic E-state index is 5.94. The maximum atomic E-state index is 5.94. The van der Waals surface area contributed by atoms with Crippen LogP contribution in [-0.2, 0) is 11.3 Å². The number of ether oxygens (including phenoxy) is 2. The van der Waals surface area contributed by atoms with Crippen molar-refractivity contribution in [3.63, 3.8) is 0 Å². The van der Waals surface area contributed by atoms with Crippen LogP contribution in [0, 0.1) is 0 Å². The molecule has 0 atom stereocenters. The van der Waals surface area contributed by atoms with Crippen molar-refractivity contribution in [3.8, 4) is 11.5 Å². The first-order valence-corrected chi connectivity index (χ1v) is 9.71. The van der Waals surface area contributed by atoms with E-state index in [2.05, 4.69) is 28.0 Å². The number of hydrogen-bond donors (Lipinski definition) is 0. The summed E-state index contributed by atoms with van der Waals surface area (Å²) in [7, 11) is 0. The molecule has 140 valence electrons. The van der Waals surface area contributed by atoms with E-state index in [4.69, 9.17) is 37.5 Å². The minimum atomic E-state index is 0.193. The lowest BCUT2D eigenvalue weighted by Gasteiger charge is -2.14. The highest BCUT2D eigenvalue weighted by atomic mass is 79.9. The second-order valence-electron chi connectivity index (χ2n) is 5.48. The molecule has 0 aliphatic heterocycles. The van der Waals surface area contributed by atoms with Crippen LogP contribution in [0.2, 0.25) is 0 Å². The first-order chi connectivity index (χ1) is 11.9. The van der Waals surface area contributed by atoms with Gasteiger partial charge in [-0.15, -0.1) is 0 Å². The lowest BCUT2D eigenvalue weighted by Crippen LogP contribution is -2.03. The van der Waals surface area contributed by atoms with Gasteiger partial charge in [0.25, 0.3) is 0 Å². The highest BCUT2D eigenvalue weighted by molar-refractivity contribution is 9.10. The molecule has 0 unspecified atom stereocenters. The second kappa shape index (κ2) is 12.4. The number of halogens is 3. The molecule has 0 amide bonds. The van der Waals surface area contributed by atoms with Gasteiger partial charge in [0.1, 0.15) is 29.2 Å². The molecule has 0 spiro atoms. The third-order valence-electron chi connectivity index (χ3n) is 3.09. The van der Waals surface area contributed by atoms with Crippen LogP contribution in [0.3, 0.4) is 0 Å². The fourth-order valence-corrected chi connectivity index (χ4v) is 2.67. The molecule has 1 aromatic carbocycles. The normalized spacial score (nSPS) is 10.2. The Morgan fingerprint density at radius 2 is 1.88 bits per heavy atom. The quantitative estimate of drug-likeness (QED) is 0.225. The number of nitrogens with zero attached hydrogens (tertiary/aromatic N) is 1. The number of benzene rings is 1. The molecule has 0 aliphatic rings. The zero-order valence-corrected chi connectivity index (χ0v) is 17.9. The molecule has 0 saturated carbocycles. The van der Waals surface area contributed by atoms with Crippen molar-refractivity contribution in [1.82, 2.24) is 0 Å². The van der Waals surface area contributed by atoms with E-state index >= 15 is 0 Å². The zero-order chi connectivity index (χ0) is 18.7. The molecule has 1 aromatic rings. The minimum Gasteiger partial charge on any atom is -0.492 e. The van der Waals surface area contributed by atoms with E-state index in [9.17, 15) is 0 Å². The van der Waals surface area contributed by atoms with Crippen molar-refractivity contribution < 1.29 is 14.3 Å². The summed E-state index contributed by atoms with van der Waals surface area (Å²) in [5, 5.41) is 3.90. The standard InChI is InChI=1S/C18H24BrCl2NO3/c1-4-14-11-15(23-10-7-17(20)21)12-16(19)18(14)24-8-5-6-9-25-22-13(2)3/h7,11-12H,4-6,8-10H2,1-3H3. The first kappa shape index (κ1) is 22.1. The fraction of sp³-hybridized carbons (Fsp3) is 0.500. The molecular weight excluding hydrogens is 429 g/mol. The van der Waals surface area contributed by atoms with E-state index in [0.29, 0.717) is 19.8 Å². The van der Waals surface area contributed by atoms with E-state index in [1.807, 2.05) is 26.0 Å². The fourth-order valence-electron chi connectivity index (χ4n) is 1.95. The summed E-state index contributed by atoms with van der Waals surface area (Å²) in [6.45, 7) is 7.42. The summed E-state index contributed by atoms with van der Waals surface area (Å²) in [5.74, 6) is 1.59. The van der Waals surface area contributed by atoms with Crippen molar-refractivity contribution in [1.29, 1.82) is 0 Å². The average Bonchev–Trinajstić information content (AvgIpc) is 2.54. The Hall–Kier alpha value is -0.910. The van der Waals surface area contributed by atoms with Gasteiger partial charge in [0.15, 0.2) is 0 Å². The Balaban J connectivity index is 2.53. The van der Waals surface area contributed by atoms with Crippen molar-refractivity contribution in [2.45, 2.75) is 40.0 Å². The van der Waals surface area contributed by atoms with Gasteiger partial charge in [-0.3, -0.25) is 0 Å². The average molecular weight is 453 g/mol. The van der Waals surface area contributed by atoms with Gasteiger partial charge in [0, 0.05) is 0 Å². The van der Waals surface area contributed by atoms with Crippen LogP contribution in [0.25, 0.3) is 0 Å². The molecule has 0 radical (unpaired) electrons. The molecule has 0 aromatic heterocycles. The Kier molecular flexibility index (Phi) is 11.0. The molecular formula is C18H24BrCl2NO3. The van der Waals surface area contributed by atoms with Crippen LogP contribution in [0.5, 0.6) is 11.5 Å². The minimum absolute atomic E-state index is 0.193. The molecule has 0 heterocycles. The van der Waals surface area contributed by atoms with Crippen LogP contribution in [-0.4, -0.2) is 25.5 Å². The second-order valence-corrected chi connectivity index (χ2v) is 7.34. The molecule has 0 bridgehead atoms. The Morgan fingerprint density at radius 1 is 1.16 bits per heavy atom. The van der Waals surface area contributed by atoms with E-state index in [-0.39, 0.29) is 4.49 Å². The first-order valence-electron chi connectivity index (χ1n) is 8.16. The van der Waals surface area contributed by atoms with E-state index < -0.39 is 0 Å². The number of oxime groups is 1. The Bertz CT molecular complexity index is 598. The highest BCUT2D eigenvalue weighted by Gasteiger charge is 2.10. The van der Waals surface area contributed by atoms with Crippen molar-refractivity contribution >= 4 is 44.8 Å². The largest absolute Gasteiger partial charge is 0.492 e.